The molecule has 0 aromatic heterocycles. The maximum absolute atomic E-state index is 3.94. The quantitative estimate of drug-likeness (QED) is 0.414. The molecule has 0 nitrogen and oxygen atoms in total. The summed E-state index contributed by atoms with van der Waals surface area (Å²) in [5.74, 6) is 0. The Morgan fingerprint density at radius 1 is 1.36 bits per heavy atom. The zero-order valence-corrected chi connectivity index (χ0v) is 8.19. The SMILES string of the molecule is [CH2]CC(C)(C)CCC/C=C/C. The van der Waals surface area contributed by atoms with Crippen molar-refractivity contribution in [2.45, 2.75) is 46.5 Å². The molecule has 0 heteroatoms. The van der Waals surface area contributed by atoms with Crippen molar-refractivity contribution in [2.24, 2.45) is 5.41 Å². The lowest BCUT2D eigenvalue weighted by atomic mass is 9.85. The van der Waals surface area contributed by atoms with Gasteiger partial charge in [-0.2, -0.15) is 0 Å². The number of hydrogen-bond donors (Lipinski definition) is 0. The van der Waals surface area contributed by atoms with Crippen molar-refractivity contribution < 1.29 is 0 Å². The minimum atomic E-state index is 0.446. The van der Waals surface area contributed by atoms with E-state index >= 15 is 0 Å². The summed E-state index contributed by atoms with van der Waals surface area (Å²) in [6.07, 6.45) is 9.22. The van der Waals surface area contributed by atoms with Gasteiger partial charge in [0.15, 0.2) is 0 Å². The van der Waals surface area contributed by atoms with Gasteiger partial charge >= 0.3 is 0 Å². The minimum absolute atomic E-state index is 0.446. The number of hydrogen-bond acceptors (Lipinski definition) is 0. The van der Waals surface area contributed by atoms with Crippen molar-refractivity contribution in [3.63, 3.8) is 0 Å². The fraction of sp³-hybridized carbons (Fsp3) is 0.727. The third kappa shape index (κ3) is 6.15. The van der Waals surface area contributed by atoms with Crippen molar-refractivity contribution in [2.75, 3.05) is 0 Å². The predicted octanol–water partition coefficient (Wildman–Crippen LogP) is 3.98. The van der Waals surface area contributed by atoms with Crippen LogP contribution in [0.5, 0.6) is 0 Å². The van der Waals surface area contributed by atoms with Crippen LogP contribution >= 0.6 is 0 Å². The highest BCUT2D eigenvalue weighted by atomic mass is 14.2. The highest BCUT2D eigenvalue weighted by molar-refractivity contribution is 4.78. The minimum Gasteiger partial charge on any atom is -0.0917 e. The van der Waals surface area contributed by atoms with E-state index < -0.39 is 0 Å². The highest BCUT2D eigenvalue weighted by Gasteiger charge is 2.13. The molecule has 0 aromatic carbocycles. The van der Waals surface area contributed by atoms with Gasteiger partial charge in [-0.3, -0.25) is 0 Å². The van der Waals surface area contributed by atoms with Crippen LogP contribution < -0.4 is 0 Å². The van der Waals surface area contributed by atoms with Gasteiger partial charge < -0.3 is 0 Å². The van der Waals surface area contributed by atoms with Gasteiger partial charge in [0.25, 0.3) is 0 Å². The Balaban J connectivity index is 3.37. The van der Waals surface area contributed by atoms with Crippen LogP contribution in [0.25, 0.3) is 0 Å². The molecule has 0 aromatic rings. The van der Waals surface area contributed by atoms with Crippen LogP contribution in [-0.2, 0) is 0 Å². The van der Waals surface area contributed by atoms with Crippen molar-refractivity contribution in [3.05, 3.63) is 19.1 Å². The fourth-order valence-electron chi connectivity index (χ4n) is 0.990. The molecule has 0 aliphatic carbocycles. The Kier molecular flexibility index (Phi) is 5.27. The predicted molar refractivity (Wildman–Crippen MR) is 52.4 cm³/mol. The van der Waals surface area contributed by atoms with Crippen LogP contribution in [0.15, 0.2) is 12.2 Å². The number of rotatable bonds is 5. The summed E-state index contributed by atoms with van der Waals surface area (Å²) in [4.78, 5) is 0. The summed E-state index contributed by atoms with van der Waals surface area (Å²) < 4.78 is 0. The molecule has 0 amide bonds. The zero-order chi connectivity index (χ0) is 8.74. The van der Waals surface area contributed by atoms with Crippen LogP contribution in [0.1, 0.15) is 46.5 Å². The van der Waals surface area contributed by atoms with Crippen LogP contribution in [0.3, 0.4) is 0 Å². The summed E-state index contributed by atoms with van der Waals surface area (Å²) >= 11 is 0. The van der Waals surface area contributed by atoms with Gasteiger partial charge in [-0.05, 0) is 38.0 Å². The summed E-state index contributed by atoms with van der Waals surface area (Å²) in [6, 6.07) is 0. The molecule has 0 heterocycles. The summed E-state index contributed by atoms with van der Waals surface area (Å²) in [7, 11) is 0. The average molecular weight is 153 g/mol. The molecule has 0 rings (SSSR count). The van der Waals surface area contributed by atoms with Crippen molar-refractivity contribution in [1.29, 1.82) is 0 Å². The molecular weight excluding hydrogens is 132 g/mol. The Morgan fingerprint density at radius 3 is 2.45 bits per heavy atom. The van der Waals surface area contributed by atoms with Crippen LogP contribution in [0.2, 0.25) is 0 Å². The van der Waals surface area contributed by atoms with Gasteiger partial charge in [-0.25, -0.2) is 0 Å². The Morgan fingerprint density at radius 2 is 2.00 bits per heavy atom. The normalized spacial score (nSPS) is 12.7. The molecule has 0 saturated heterocycles. The van der Waals surface area contributed by atoms with Crippen molar-refractivity contribution >= 4 is 0 Å². The summed E-state index contributed by atoms with van der Waals surface area (Å²) in [5.41, 5.74) is 0.446. The van der Waals surface area contributed by atoms with Gasteiger partial charge in [-0.15, -0.1) is 0 Å². The molecule has 0 spiro atoms. The van der Waals surface area contributed by atoms with E-state index in [1.54, 1.807) is 0 Å². The van der Waals surface area contributed by atoms with Crippen LogP contribution in [-0.4, -0.2) is 0 Å². The standard InChI is InChI=1S/C11H21/c1-5-7-8-9-10-11(3,4)6-2/h5,7H,2,6,8-10H2,1,3-4H3/b7-5+. The lowest BCUT2D eigenvalue weighted by Crippen LogP contribution is -2.08. The smallest absolute Gasteiger partial charge is 0.0351 e. The fourth-order valence-corrected chi connectivity index (χ4v) is 0.990. The maximum atomic E-state index is 3.94. The van der Waals surface area contributed by atoms with E-state index in [1.807, 2.05) is 0 Å². The molecule has 0 fully saturated rings. The van der Waals surface area contributed by atoms with E-state index in [0.29, 0.717) is 5.41 Å². The number of allylic oxidation sites excluding steroid dienone is 2. The molecule has 0 aliphatic rings. The van der Waals surface area contributed by atoms with E-state index in [1.165, 1.54) is 19.3 Å². The number of unbranched alkanes of at least 4 members (excludes halogenated alkanes) is 1. The topological polar surface area (TPSA) is 0 Å². The molecule has 0 N–H and O–H groups in total. The highest BCUT2D eigenvalue weighted by Crippen LogP contribution is 2.26. The molecule has 65 valence electrons. The maximum Gasteiger partial charge on any atom is -0.0351 e. The summed E-state index contributed by atoms with van der Waals surface area (Å²) in [6.45, 7) is 10.6. The van der Waals surface area contributed by atoms with E-state index in [-0.39, 0.29) is 0 Å². The second-order valence-electron chi connectivity index (χ2n) is 3.88. The third-order valence-corrected chi connectivity index (χ3v) is 2.14. The molecule has 0 unspecified atom stereocenters. The van der Waals surface area contributed by atoms with E-state index in [2.05, 4.69) is 39.8 Å². The molecule has 11 heavy (non-hydrogen) atoms. The first-order valence-corrected chi connectivity index (χ1v) is 4.53. The Hall–Kier alpha value is -0.260. The zero-order valence-electron chi connectivity index (χ0n) is 8.19. The lowest BCUT2D eigenvalue weighted by molar-refractivity contribution is 0.329. The largest absolute Gasteiger partial charge is 0.0917 e. The first kappa shape index (κ1) is 10.7. The molecule has 0 atom stereocenters. The van der Waals surface area contributed by atoms with E-state index in [9.17, 15) is 0 Å². The third-order valence-electron chi connectivity index (χ3n) is 2.14. The van der Waals surface area contributed by atoms with Gasteiger partial charge in [0.2, 0.25) is 0 Å². The first-order chi connectivity index (χ1) is 5.12. The molecular formula is C11H21. The van der Waals surface area contributed by atoms with Gasteiger partial charge in [0.05, 0.1) is 0 Å². The second-order valence-corrected chi connectivity index (χ2v) is 3.88. The van der Waals surface area contributed by atoms with Gasteiger partial charge in [0.1, 0.15) is 0 Å². The molecule has 0 bridgehead atoms. The Labute approximate surface area is 71.7 Å². The van der Waals surface area contributed by atoms with Crippen LogP contribution in [0, 0.1) is 12.3 Å². The Bertz CT molecular complexity index is 109. The monoisotopic (exact) mass is 153 g/mol. The van der Waals surface area contributed by atoms with Crippen molar-refractivity contribution in [1.82, 2.24) is 0 Å². The van der Waals surface area contributed by atoms with E-state index in [4.69, 9.17) is 0 Å². The summed E-state index contributed by atoms with van der Waals surface area (Å²) in [5, 5.41) is 0. The molecule has 0 saturated carbocycles. The van der Waals surface area contributed by atoms with E-state index in [0.717, 1.165) is 6.42 Å². The van der Waals surface area contributed by atoms with Gasteiger partial charge in [0, 0.05) is 0 Å². The average Bonchev–Trinajstić information content (AvgIpc) is 1.99. The van der Waals surface area contributed by atoms with Crippen molar-refractivity contribution in [3.8, 4) is 0 Å². The van der Waals surface area contributed by atoms with Crippen LogP contribution in [0.4, 0.5) is 0 Å². The lowest BCUT2D eigenvalue weighted by Gasteiger charge is -2.21. The molecule has 0 aliphatic heterocycles. The van der Waals surface area contributed by atoms with Gasteiger partial charge in [-0.1, -0.05) is 32.9 Å². The second kappa shape index (κ2) is 5.40. The first-order valence-electron chi connectivity index (χ1n) is 4.53. The molecule has 1 radical (unpaired) electrons.